The molecule has 0 saturated heterocycles. The summed E-state index contributed by atoms with van der Waals surface area (Å²) in [5.74, 6) is 2.21. The normalized spacial score (nSPS) is 14.2. The Bertz CT molecular complexity index is 605. The second-order valence-electron chi connectivity index (χ2n) is 5.33. The van der Waals surface area contributed by atoms with Gasteiger partial charge in [0.1, 0.15) is 6.61 Å². The molecule has 5 nitrogen and oxygen atoms in total. The molecular weight excluding hydrogens is 268 g/mol. The lowest BCUT2D eigenvalue weighted by Gasteiger charge is -2.14. The molecule has 0 amide bonds. The molecule has 112 valence electrons. The molecule has 0 atom stereocenters. The Morgan fingerprint density at radius 3 is 2.90 bits per heavy atom. The van der Waals surface area contributed by atoms with Gasteiger partial charge in [-0.3, -0.25) is 0 Å². The van der Waals surface area contributed by atoms with E-state index in [2.05, 4.69) is 16.5 Å². The summed E-state index contributed by atoms with van der Waals surface area (Å²) in [5, 5.41) is 7.36. The van der Waals surface area contributed by atoms with Crippen molar-refractivity contribution in [3.05, 3.63) is 41.3 Å². The van der Waals surface area contributed by atoms with E-state index in [1.165, 1.54) is 12.8 Å². The van der Waals surface area contributed by atoms with Gasteiger partial charge < -0.3 is 19.3 Å². The van der Waals surface area contributed by atoms with E-state index in [0.717, 1.165) is 29.3 Å². The van der Waals surface area contributed by atoms with E-state index in [1.807, 2.05) is 25.1 Å². The molecular formula is C16H20N2O3. The molecule has 1 saturated carbocycles. The quantitative estimate of drug-likeness (QED) is 0.849. The zero-order valence-electron chi connectivity index (χ0n) is 12.4. The lowest BCUT2D eigenvalue weighted by molar-refractivity contribution is 0.236. The molecule has 0 unspecified atom stereocenters. The maximum Gasteiger partial charge on any atom is 0.174 e. The summed E-state index contributed by atoms with van der Waals surface area (Å²) >= 11 is 0. The molecule has 3 rings (SSSR count). The molecule has 1 aromatic carbocycles. The number of benzene rings is 1. The number of nitrogens with one attached hydrogen (secondary N) is 1. The van der Waals surface area contributed by atoms with Gasteiger partial charge in [-0.1, -0.05) is 17.3 Å². The molecule has 1 aliphatic rings. The van der Waals surface area contributed by atoms with Gasteiger partial charge in [0.15, 0.2) is 17.3 Å². The van der Waals surface area contributed by atoms with Crippen LogP contribution in [0.1, 0.15) is 29.9 Å². The molecule has 1 heterocycles. The van der Waals surface area contributed by atoms with Crippen molar-refractivity contribution in [2.75, 3.05) is 7.11 Å². The Kier molecular flexibility index (Phi) is 4.10. The third-order valence-electron chi connectivity index (χ3n) is 3.47. The minimum atomic E-state index is 0.345. The van der Waals surface area contributed by atoms with Crippen LogP contribution in [0.5, 0.6) is 11.5 Å². The number of nitrogens with zero attached hydrogens (tertiary/aromatic N) is 1. The summed E-state index contributed by atoms with van der Waals surface area (Å²) in [5.41, 5.74) is 1.95. The second-order valence-corrected chi connectivity index (χ2v) is 5.33. The van der Waals surface area contributed by atoms with E-state index in [9.17, 15) is 0 Å². The van der Waals surface area contributed by atoms with Crippen molar-refractivity contribution in [3.8, 4) is 11.5 Å². The van der Waals surface area contributed by atoms with Gasteiger partial charge in [0.05, 0.1) is 12.8 Å². The topological polar surface area (TPSA) is 56.5 Å². The van der Waals surface area contributed by atoms with Gasteiger partial charge >= 0.3 is 0 Å². The summed E-state index contributed by atoms with van der Waals surface area (Å²) in [6, 6.07) is 8.47. The first-order valence-electron chi connectivity index (χ1n) is 7.20. The van der Waals surface area contributed by atoms with Crippen LogP contribution in [0.3, 0.4) is 0 Å². The zero-order chi connectivity index (χ0) is 14.7. The van der Waals surface area contributed by atoms with Crippen LogP contribution >= 0.6 is 0 Å². The first kappa shape index (κ1) is 13.9. The standard InChI is InChI=1S/C16H20N2O3/c1-11-8-14(21-18-11)10-20-16-12(9-17-13-6-7-13)4-3-5-15(16)19-2/h3-5,8,13,17H,6-7,9-10H2,1-2H3. The first-order chi connectivity index (χ1) is 10.3. The molecule has 1 aliphatic carbocycles. The van der Waals surface area contributed by atoms with Gasteiger partial charge in [-0.2, -0.15) is 0 Å². The van der Waals surface area contributed by atoms with Crippen molar-refractivity contribution >= 4 is 0 Å². The Hall–Kier alpha value is -2.01. The van der Waals surface area contributed by atoms with Gasteiger partial charge in [-0.25, -0.2) is 0 Å². The van der Waals surface area contributed by atoms with Crippen molar-refractivity contribution in [1.29, 1.82) is 0 Å². The average Bonchev–Trinajstić information content (AvgIpc) is 3.24. The van der Waals surface area contributed by atoms with Crippen LogP contribution in [-0.2, 0) is 13.2 Å². The second kappa shape index (κ2) is 6.18. The van der Waals surface area contributed by atoms with Crippen LogP contribution in [-0.4, -0.2) is 18.3 Å². The summed E-state index contributed by atoms with van der Waals surface area (Å²) in [6.07, 6.45) is 2.52. The number of para-hydroxylation sites is 1. The van der Waals surface area contributed by atoms with Gasteiger partial charge in [-0.05, 0) is 25.8 Å². The van der Waals surface area contributed by atoms with E-state index in [1.54, 1.807) is 7.11 Å². The molecule has 0 radical (unpaired) electrons. The smallest absolute Gasteiger partial charge is 0.174 e. The van der Waals surface area contributed by atoms with E-state index in [-0.39, 0.29) is 0 Å². The highest BCUT2D eigenvalue weighted by atomic mass is 16.5. The van der Waals surface area contributed by atoms with Crippen molar-refractivity contribution < 1.29 is 14.0 Å². The highest BCUT2D eigenvalue weighted by Gasteiger charge is 2.21. The fourth-order valence-electron chi connectivity index (χ4n) is 2.19. The number of rotatable bonds is 7. The zero-order valence-corrected chi connectivity index (χ0v) is 12.4. The molecule has 5 heteroatoms. The fraction of sp³-hybridized carbons (Fsp3) is 0.438. The highest BCUT2D eigenvalue weighted by molar-refractivity contribution is 5.46. The summed E-state index contributed by atoms with van der Waals surface area (Å²) in [4.78, 5) is 0. The summed E-state index contributed by atoms with van der Waals surface area (Å²) in [6.45, 7) is 3.02. The van der Waals surface area contributed by atoms with Crippen LogP contribution in [0.4, 0.5) is 0 Å². The van der Waals surface area contributed by atoms with Crippen LogP contribution < -0.4 is 14.8 Å². The maximum atomic E-state index is 5.91. The van der Waals surface area contributed by atoms with Crippen LogP contribution in [0.25, 0.3) is 0 Å². The Labute approximate surface area is 124 Å². The third-order valence-corrected chi connectivity index (χ3v) is 3.47. The first-order valence-corrected chi connectivity index (χ1v) is 7.20. The Morgan fingerprint density at radius 1 is 1.38 bits per heavy atom. The number of ether oxygens (including phenoxy) is 2. The molecule has 1 aromatic heterocycles. The number of aromatic nitrogens is 1. The van der Waals surface area contributed by atoms with Gasteiger partial charge in [0, 0.05) is 24.2 Å². The molecule has 2 aromatic rings. The van der Waals surface area contributed by atoms with Crippen molar-refractivity contribution in [2.45, 2.75) is 39.0 Å². The van der Waals surface area contributed by atoms with Crippen LogP contribution in [0.15, 0.2) is 28.8 Å². The minimum absolute atomic E-state index is 0.345. The lowest BCUT2D eigenvalue weighted by Crippen LogP contribution is -2.16. The van der Waals surface area contributed by atoms with Crippen molar-refractivity contribution in [3.63, 3.8) is 0 Å². The van der Waals surface area contributed by atoms with Crippen LogP contribution in [0.2, 0.25) is 0 Å². The predicted molar refractivity (Wildman–Crippen MR) is 78.4 cm³/mol. The van der Waals surface area contributed by atoms with Crippen molar-refractivity contribution in [2.24, 2.45) is 0 Å². The third kappa shape index (κ3) is 3.55. The molecule has 1 fully saturated rings. The minimum Gasteiger partial charge on any atom is -0.493 e. The maximum absolute atomic E-state index is 5.91. The average molecular weight is 288 g/mol. The number of aryl methyl sites for hydroxylation is 1. The largest absolute Gasteiger partial charge is 0.493 e. The van der Waals surface area contributed by atoms with Crippen LogP contribution in [0, 0.1) is 6.92 Å². The SMILES string of the molecule is COc1cccc(CNC2CC2)c1OCc1cc(C)no1. The van der Waals surface area contributed by atoms with Gasteiger partial charge in [-0.15, -0.1) is 0 Å². The van der Waals surface area contributed by atoms with E-state index < -0.39 is 0 Å². The number of hydrogen-bond acceptors (Lipinski definition) is 5. The summed E-state index contributed by atoms with van der Waals surface area (Å²) in [7, 11) is 1.65. The summed E-state index contributed by atoms with van der Waals surface area (Å²) < 4.78 is 16.5. The van der Waals surface area contributed by atoms with Gasteiger partial charge in [0.2, 0.25) is 0 Å². The monoisotopic (exact) mass is 288 g/mol. The predicted octanol–water partition coefficient (Wildman–Crippen LogP) is 2.82. The molecule has 1 N–H and O–H groups in total. The van der Waals surface area contributed by atoms with Crippen molar-refractivity contribution in [1.82, 2.24) is 10.5 Å². The lowest BCUT2D eigenvalue weighted by atomic mass is 10.2. The van der Waals surface area contributed by atoms with Gasteiger partial charge in [0.25, 0.3) is 0 Å². The Balaban J connectivity index is 1.73. The Morgan fingerprint density at radius 2 is 2.24 bits per heavy atom. The molecule has 0 aliphatic heterocycles. The van der Waals surface area contributed by atoms with E-state index in [0.29, 0.717) is 18.4 Å². The van der Waals surface area contributed by atoms with E-state index >= 15 is 0 Å². The molecule has 21 heavy (non-hydrogen) atoms. The molecule has 0 spiro atoms. The number of methoxy groups -OCH3 is 1. The van der Waals surface area contributed by atoms with E-state index in [4.69, 9.17) is 14.0 Å². The molecule has 0 bridgehead atoms. The highest BCUT2D eigenvalue weighted by Crippen LogP contribution is 2.32. The fourth-order valence-corrected chi connectivity index (χ4v) is 2.19. The number of hydrogen-bond donors (Lipinski definition) is 1.